The van der Waals surface area contributed by atoms with Gasteiger partial charge in [0.15, 0.2) is 11.6 Å². The zero-order valence-electron chi connectivity index (χ0n) is 11.5. The minimum absolute atomic E-state index is 0.0530. The molecule has 110 valence electrons. The molecule has 5 nitrogen and oxygen atoms in total. The van der Waals surface area contributed by atoms with E-state index in [2.05, 4.69) is 5.32 Å². The molecule has 1 atom stereocenters. The van der Waals surface area contributed by atoms with Crippen LogP contribution in [0, 0.1) is 5.82 Å². The molecule has 1 aromatic carbocycles. The monoisotopic (exact) mass is 283 g/mol. The Hall–Kier alpha value is -2.11. The SMILES string of the molecule is CCC[C@H](CC(=O)O)NC(=O)c1ccc(OC)c(F)c1. The van der Waals surface area contributed by atoms with Crippen LogP contribution in [0.15, 0.2) is 18.2 Å². The van der Waals surface area contributed by atoms with Crippen LogP contribution in [-0.4, -0.2) is 30.1 Å². The predicted molar refractivity (Wildman–Crippen MR) is 71.4 cm³/mol. The van der Waals surface area contributed by atoms with Crippen molar-refractivity contribution >= 4 is 11.9 Å². The summed E-state index contributed by atoms with van der Waals surface area (Å²) in [6.07, 6.45) is 1.14. The number of methoxy groups -OCH3 is 1. The van der Waals surface area contributed by atoms with Crippen molar-refractivity contribution in [2.45, 2.75) is 32.2 Å². The van der Waals surface area contributed by atoms with E-state index in [0.29, 0.717) is 6.42 Å². The second kappa shape index (κ2) is 7.47. The lowest BCUT2D eigenvalue weighted by atomic mass is 10.1. The zero-order valence-corrected chi connectivity index (χ0v) is 11.5. The average molecular weight is 283 g/mol. The van der Waals surface area contributed by atoms with E-state index in [1.165, 1.54) is 19.2 Å². The van der Waals surface area contributed by atoms with Gasteiger partial charge in [-0.2, -0.15) is 0 Å². The van der Waals surface area contributed by atoms with Crippen molar-refractivity contribution in [2.24, 2.45) is 0 Å². The van der Waals surface area contributed by atoms with Crippen molar-refractivity contribution < 1.29 is 23.8 Å². The maximum Gasteiger partial charge on any atom is 0.305 e. The van der Waals surface area contributed by atoms with Gasteiger partial charge in [-0.15, -0.1) is 0 Å². The van der Waals surface area contributed by atoms with Crippen LogP contribution in [0.3, 0.4) is 0 Å². The van der Waals surface area contributed by atoms with E-state index < -0.39 is 23.7 Å². The summed E-state index contributed by atoms with van der Waals surface area (Å²) in [4.78, 5) is 22.7. The Kier molecular flexibility index (Phi) is 5.96. The van der Waals surface area contributed by atoms with Gasteiger partial charge in [-0.1, -0.05) is 13.3 Å². The van der Waals surface area contributed by atoms with E-state index in [0.717, 1.165) is 12.5 Å². The fraction of sp³-hybridized carbons (Fsp3) is 0.429. The molecule has 1 aromatic rings. The van der Waals surface area contributed by atoms with E-state index in [1.807, 2.05) is 6.92 Å². The Balaban J connectivity index is 2.77. The molecular weight excluding hydrogens is 265 g/mol. The van der Waals surface area contributed by atoms with Crippen molar-refractivity contribution in [1.82, 2.24) is 5.32 Å². The smallest absolute Gasteiger partial charge is 0.305 e. The summed E-state index contributed by atoms with van der Waals surface area (Å²) in [6.45, 7) is 1.90. The normalized spacial score (nSPS) is 11.8. The standard InChI is InChI=1S/C14H18FNO4/c1-3-4-10(8-13(17)18)16-14(19)9-5-6-12(20-2)11(15)7-9/h5-7,10H,3-4,8H2,1-2H3,(H,16,19)(H,17,18)/t10-/m1/s1. The minimum atomic E-state index is -0.982. The van der Waals surface area contributed by atoms with E-state index >= 15 is 0 Å². The number of aliphatic carboxylic acids is 1. The number of amides is 1. The highest BCUT2D eigenvalue weighted by Gasteiger charge is 2.17. The molecule has 0 fully saturated rings. The molecule has 0 spiro atoms. The zero-order chi connectivity index (χ0) is 15.1. The Morgan fingerprint density at radius 1 is 1.45 bits per heavy atom. The summed E-state index contributed by atoms with van der Waals surface area (Å²) in [7, 11) is 1.34. The number of carboxylic acid groups (broad SMARTS) is 1. The van der Waals surface area contributed by atoms with Gasteiger partial charge in [0.1, 0.15) is 0 Å². The molecular formula is C14H18FNO4. The van der Waals surface area contributed by atoms with Crippen molar-refractivity contribution in [3.63, 3.8) is 0 Å². The second-order valence-corrected chi connectivity index (χ2v) is 4.41. The van der Waals surface area contributed by atoms with Gasteiger partial charge in [-0.25, -0.2) is 4.39 Å². The Morgan fingerprint density at radius 3 is 2.65 bits per heavy atom. The number of hydrogen-bond acceptors (Lipinski definition) is 3. The summed E-state index contributed by atoms with van der Waals surface area (Å²) in [6, 6.07) is 3.39. The predicted octanol–water partition coefficient (Wildman–Crippen LogP) is 2.21. The van der Waals surface area contributed by atoms with Crippen LogP contribution in [0.2, 0.25) is 0 Å². The molecule has 1 rings (SSSR count). The maximum atomic E-state index is 13.5. The summed E-state index contributed by atoms with van der Waals surface area (Å²) in [5.74, 6) is -2.06. The first kappa shape index (κ1) is 15.9. The summed E-state index contributed by atoms with van der Waals surface area (Å²) >= 11 is 0. The topological polar surface area (TPSA) is 75.6 Å². The van der Waals surface area contributed by atoms with E-state index in [9.17, 15) is 14.0 Å². The number of halogens is 1. The van der Waals surface area contributed by atoms with Crippen molar-refractivity contribution in [3.8, 4) is 5.75 Å². The number of nitrogens with one attached hydrogen (secondary N) is 1. The third-order valence-electron chi connectivity index (χ3n) is 2.81. The van der Waals surface area contributed by atoms with E-state index in [-0.39, 0.29) is 17.7 Å². The quantitative estimate of drug-likeness (QED) is 0.804. The third kappa shape index (κ3) is 4.53. The number of hydrogen-bond donors (Lipinski definition) is 2. The maximum absolute atomic E-state index is 13.5. The molecule has 1 amide bonds. The molecule has 20 heavy (non-hydrogen) atoms. The Morgan fingerprint density at radius 2 is 2.15 bits per heavy atom. The van der Waals surface area contributed by atoms with Gasteiger partial charge in [0, 0.05) is 11.6 Å². The highest BCUT2D eigenvalue weighted by molar-refractivity contribution is 5.94. The van der Waals surface area contributed by atoms with E-state index in [4.69, 9.17) is 9.84 Å². The van der Waals surface area contributed by atoms with Crippen LogP contribution in [0.5, 0.6) is 5.75 Å². The molecule has 2 N–H and O–H groups in total. The summed E-state index contributed by atoms with van der Waals surface area (Å²) < 4.78 is 18.3. The van der Waals surface area contributed by atoms with Gasteiger partial charge in [0.05, 0.1) is 13.5 Å². The first-order chi connectivity index (χ1) is 9.47. The van der Waals surface area contributed by atoms with Gasteiger partial charge in [0.25, 0.3) is 5.91 Å². The molecule has 6 heteroatoms. The lowest BCUT2D eigenvalue weighted by molar-refractivity contribution is -0.137. The molecule has 0 aromatic heterocycles. The summed E-state index contributed by atoms with van der Waals surface area (Å²) in [5, 5.41) is 11.4. The molecule has 0 radical (unpaired) electrons. The molecule has 0 saturated carbocycles. The van der Waals surface area contributed by atoms with Crippen LogP contribution < -0.4 is 10.1 Å². The fourth-order valence-corrected chi connectivity index (χ4v) is 1.86. The molecule has 0 aliphatic carbocycles. The molecule has 0 heterocycles. The van der Waals surface area contributed by atoms with Crippen LogP contribution in [-0.2, 0) is 4.79 Å². The Labute approximate surface area is 116 Å². The highest BCUT2D eigenvalue weighted by atomic mass is 19.1. The van der Waals surface area contributed by atoms with Gasteiger partial charge < -0.3 is 15.2 Å². The first-order valence-corrected chi connectivity index (χ1v) is 6.34. The number of ether oxygens (including phenoxy) is 1. The number of benzene rings is 1. The largest absolute Gasteiger partial charge is 0.494 e. The van der Waals surface area contributed by atoms with Crippen LogP contribution in [0.1, 0.15) is 36.5 Å². The first-order valence-electron chi connectivity index (χ1n) is 6.34. The van der Waals surface area contributed by atoms with Crippen LogP contribution in [0.25, 0.3) is 0 Å². The van der Waals surface area contributed by atoms with Gasteiger partial charge in [-0.05, 0) is 24.6 Å². The Bertz CT molecular complexity index is 490. The molecule has 0 aliphatic heterocycles. The van der Waals surface area contributed by atoms with Gasteiger partial charge in [0.2, 0.25) is 0 Å². The molecule has 0 saturated heterocycles. The van der Waals surface area contributed by atoms with Gasteiger partial charge in [-0.3, -0.25) is 9.59 Å². The lowest BCUT2D eigenvalue weighted by Gasteiger charge is -2.16. The number of carboxylic acids is 1. The van der Waals surface area contributed by atoms with Crippen LogP contribution in [0.4, 0.5) is 4.39 Å². The number of carbonyl (C=O) groups is 2. The molecule has 0 bridgehead atoms. The summed E-state index contributed by atoms with van der Waals surface area (Å²) in [5.41, 5.74) is 0.134. The fourth-order valence-electron chi connectivity index (χ4n) is 1.86. The average Bonchev–Trinajstić information content (AvgIpc) is 2.38. The lowest BCUT2D eigenvalue weighted by Crippen LogP contribution is -2.36. The number of rotatable bonds is 7. The van der Waals surface area contributed by atoms with Crippen molar-refractivity contribution in [1.29, 1.82) is 0 Å². The minimum Gasteiger partial charge on any atom is -0.494 e. The third-order valence-corrected chi connectivity index (χ3v) is 2.81. The molecule has 0 aliphatic rings. The van der Waals surface area contributed by atoms with Gasteiger partial charge >= 0.3 is 5.97 Å². The molecule has 0 unspecified atom stereocenters. The highest BCUT2D eigenvalue weighted by Crippen LogP contribution is 2.17. The van der Waals surface area contributed by atoms with Crippen LogP contribution >= 0.6 is 0 Å². The van der Waals surface area contributed by atoms with E-state index in [1.54, 1.807) is 0 Å². The van der Waals surface area contributed by atoms with Crippen molar-refractivity contribution in [3.05, 3.63) is 29.6 Å². The van der Waals surface area contributed by atoms with Crippen molar-refractivity contribution in [2.75, 3.05) is 7.11 Å². The number of carbonyl (C=O) groups excluding carboxylic acids is 1. The second-order valence-electron chi connectivity index (χ2n) is 4.41.